The molecule has 10 heteroatoms. The summed E-state index contributed by atoms with van der Waals surface area (Å²) in [6, 6.07) is 18.3. The summed E-state index contributed by atoms with van der Waals surface area (Å²) in [5.74, 6) is 0.297. The number of alkyl halides is 3. The second-order valence-corrected chi connectivity index (χ2v) is 9.15. The van der Waals surface area contributed by atoms with Crippen molar-refractivity contribution >= 4 is 29.1 Å². The molecule has 2 aromatic carbocycles. The number of nitrogens with one attached hydrogen (secondary N) is 1. The van der Waals surface area contributed by atoms with Crippen molar-refractivity contribution in [3.63, 3.8) is 0 Å². The molecule has 0 unspecified atom stereocenters. The minimum absolute atomic E-state index is 0. The van der Waals surface area contributed by atoms with Crippen LogP contribution in [-0.2, 0) is 12.7 Å². The molecule has 0 bridgehead atoms. The number of aromatic nitrogens is 2. The average molecular weight is 546 g/mol. The second kappa shape index (κ2) is 12.1. The van der Waals surface area contributed by atoms with Gasteiger partial charge in [0, 0.05) is 63.0 Å². The minimum Gasteiger partial charge on any atom is -0.368 e. The van der Waals surface area contributed by atoms with E-state index in [1.165, 1.54) is 12.1 Å². The lowest BCUT2D eigenvalue weighted by Crippen LogP contribution is -2.47. The number of fused-ring (bicyclic) bond motifs is 1. The highest BCUT2D eigenvalue weighted by Crippen LogP contribution is 2.34. The summed E-state index contributed by atoms with van der Waals surface area (Å²) in [5.41, 5.74) is 1.63. The van der Waals surface area contributed by atoms with E-state index in [0.717, 1.165) is 56.5 Å². The maximum atomic E-state index is 13.4. The Hall–Kier alpha value is -3.27. The van der Waals surface area contributed by atoms with Crippen LogP contribution in [0.25, 0.3) is 22.0 Å². The molecule has 0 saturated carbocycles. The zero-order chi connectivity index (χ0) is 25.8. The van der Waals surface area contributed by atoms with Gasteiger partial charge >= 0.3 is 6.18 Å². The number of nitrogens with zero attached hydrogens (tertiary/aromatic N) is 4. The summed E-state index contributed by atoms with van der Waals surface area (Å²) in [6.07, 6.45) is -2.95. The first kappa shape index (κ1) is 27.8. The van der Waals surface area contributed by atoms with Gasteiger partial charge in [0.15, 0.2) is 0 Å². The molecule has 38 heavy (non-hydrogen) atoms. The number of halogens is 5. The molecule has 5 rings (SSSR count). The van der Waals surface area contributed by atoms with Crippen LogP contribution in [0, 0.1) is 5.82 Å². The van der Waals surface area contributed by atoms with Crippen molar-refractivity contribution < 1.29 is 17.6 Å². The smallest absolute Gasteiger partial charge is 0.368 e. The third kappa shape index (κ3) is 6.59. The van der Waals surface area contributed by atoms with Crippen molar-refractivity contribution in [3.8, 4) is 11.1 Å². The Labute approximate surface area is 224 Å². The SMILES string of the molecule is Cl.Fc1cccc(CN2CCN(CCNc3ncc(-c4ccccc4)c4nc(C(F)(F)F)ccc34)CC2)c1. The molecular weight excluding hydrogens is 518 g/mol. The molecule has 5 nitrogen and oxygen atoms in total. The summed E-state index contributed by atoms with van der Waals surface area (Å²) in [4.78, 5) is 13.2. The van der Waals surface area contributed by atoms with E-state index >= 15 is 0 Å². The molecule has 0 atom stereocenters. The summed E-state index contributed by atoms with van der Waals surface area (Å²) < 4.78 is 53.7. The van der Waals surface area contributed by atoms with Crippen molar-refractivity contribution in [3.05, 3.63) is 90.0 Å². The highest BCUT2D eigenvalue weighted by atomic mass is 35.5. The number of hydrogen-bond acceptors (Lipinski definition) is 5. The normalized spacial score (nSPS) is 14.8. The zero-order valence-electron chi connectivity index (χ0n) is 20.6. The van der Waals surface area contributed by atoms with Crippen LogP contribution in [0.1, 0.15) is 11.3 Å². The van der Waals surface area contributed by atoms with E-state index in [0.29, 0.717) is 23.3 Å². The molecule has 4 aromatic rings. The lowest BCUT2D eigenvalue weighted by molar-refractivity contribution is -0.140. The second-order valence-electron chi connectivity index (χ2n) is 9.15. The molecule has 1 N–H and O–H groups in total. The van der Waals surface area contributed by atoms with Crippen molar-refractivity contribution in [2.24, 2.45) is 0 Å². The van der Waals surface area contributed by atoms with Crippen LogP contribution >= 0.6 is 12.4 Å². The number of pyridine rings is 2. The van der Waals surface area contributed by atoms with Gasteiger partial charge in [-0.1, -0.05) is 42.5 Å². The van der Waals surface area contributed by atoms with Crippen molar-refractivity contribution in [2.75, 3.05) is 44.6 Å². The van der Waals surface area contributed by atoms with Gasteiger partial charge in [-0.3, -0.25) is 9.80 Å². The molecular formula is C28H28ClF4N5. The number of benzene rings is 2. The topological polar surface area (TPSA) is 44.3 Å². The van der Waals surface area contributed by atoms with Gasteiger partial charge in [-0.05, 0) is 35.4 Å². The maximum Gasteiger partial charge on any atom is 0.433 e. The Kier molecular flexibility index (Phi) is 8.81. The van der Waals surface area contributed by atoms with Crippen LogP contribution < -0.4 is 5.32 Å². The third-order valence-electron chi connectivity index (χ3n) is 6.58. The van der Waals surface area contributed by atoms with Gasteiger partial charge in [0.2, 0.25) is 0 Å². The Morgan fingerprint density at radius 2 is 1.61 bits per heavy atom. The van der Waals surface area contributed by atoms with Gasteiger partial charge in [-0.2, -0.15) is 13.2 Å². The molecule has 0 amide bonds. The van der Waals surface area contributed by atoms with Gasteiger partial charge in [-0.25, -0.2) is 14.4 Å². The molecule has 1 aliphatic heterocycles. The summed E-state index contributed by atoms with van der Waals surface area (Å²) in [6.45, 7) is 5.62. The fourth-order valence-electron chi connectivity index (χ4n) is 4.64. The van der Waals surface area contributed by atoms with E-state index in [1.807, 2.05) is 36.4 Å². The van der Waals surface area contributed by atoms with Crippen LogP contribution in [0.2, 0.25) is 0 Å². The first-order chi connectivity index (χ1) is 17.9. The molecule has 0 spiro atoms. The number of rotatable bonds is 7. The molecule has 3 heterocycles. The molecule has 1 fully saturated rings. The lowest BCUT2D eigenvalue weighted by atomic mass is 10.0. The number of piperazine rings is 1. The highest BCUT2D eigenvalue weighted by Gasteiger charge is 2.33. The van der Waals surface area contributed by atoms with E-state index in [4.69, 9.17) is 0 Å². The van der Waals surface area contributed by atoms with Gasteiger partial charge in [0.1, 0.15) is 17.3 Å². The van der Waals surface area contributed by atoms with Crippen molar-refractivity contribution in [1.82, 2.24) is 19.8 Å². The van der Waals surface area contributed by atoms with E-state index in [9.17, 15) is 17.6 Å². The van der Waals surface area contributed by atoms with Crippen molar-refractivity contribution in [2.45, 2.75) is 12.7 Å². The fraction of sp³-hybridized carbons (Fsp3) is 0.286. The minimum atomic E-state index is -4.53. The fourth-order valence-corrected chi connectivity index (χ4v) is 4.64. The van der Waals surface area contributed by atoms with Crippen molar-refractivity contribution in [1.29, 1.82) is 0 Å². The van der Waals surface area contributed by atoms with Gasteiger partial charge < -0.3 is 5.32 Å². The predicted molar refractivity (Wildman–Crippen MR) is 144 cm³/mol. The van der Waals surface area contributed by atoms with Crippen LogP contribution in [-0.4, -0.2) is 59.0 Å². The first-order valence-corrected chi connectivity index (χ1v) is 12.2. The summed E-state index contributed by atoms with van der Waals surface area (Å²) in [5, 5.41) is 3.85. The maximum absolute atomic E-state index is 13.4. The number of hydrogen-bond donors (Lipinski definition) is 1. The molecule has 1 aliphatic rings. The van der Waals surface area contributed by atoms with Crippen LogP contribution in [0.4, 0.5) is 23.4 Å². The molecule has 2 aromatic heterocycles. The van der Waals surface area contributed by atoms with Gasteiger partial charge in [-0.15, -0.1) is 12.4 Å². The summed E-state index contributed by atoms with van der Waals surface area (Å²) in [7, 11) is 0. The van der Waals surface area contributed by atoms with E-state index in [2.05, 4.69) is 25.1 Å². The highest BCUT2D eigenvalue weighted by molar-refractivity contribution is 5.99. The quantitative estimate of drug-likeness (QED) is 0.284. The molecule has 1 saturated heterocycles. The lowest BCUT2D eigenvalue weighted by Gasteiger charge is -2.34. The van der Waals surface area contributed by atoms with Crippen LogP contribution in [0.5, 0.6) is 0 Å². The van der Waals surface area contributed by atoms with E-state index in [-0.39, 0.29) is 23.7 Å². The monoisotopic (exact) mass is 545 g/mol. The van der Waals surface area contributed by atoms with Gasteiger partial charge in [0.25, 0.3) is 0 Å². The zero-order valence-corrected chi connectivity index (χ0v) is 21.4. The predicted octanol–water partition coefficient (Wildman–Crippen LogP) is 6.11. The van der Waals surface area contributed by atoms with E-state index < -0.39 is 11.9 Å². The molecule has 200 valence electrons. The average Bonchev–Trinajstić information content (AvgIpc) is 2.89. The molecule has 0 aliphatic carbocycles. The van der Waals surface area contributed by atoms with Gasteiger partial charge in [0.05, 0.1) is 5.52 Å². The Balaban J connectivity index is 0.00000336. The standard InChI is InChI=1S/C28H27F4N5.ClH/c29-22-8-4-5-20(17-22)19-37-15-13-36(14-16-37)12-11-33-27-23-9-10-25(28(30,31)32)35-26(23)24(18-34-27)21-6-2-1-3-7-21;/h1-10,17-18H,11-16,19H2,(H,33,34);1H. The number of anilines is 1. The van der Waals surface area contributed by atoms with Crippen LogP contribution in [0.3, 0.4) is 0 Å². The Morgan fingerprint density at radius 1 is 0.868 bits per heavy atom. The third-order valence-corrected chi connectivity index (χ3v) is 6.58. The largest absolute Gasteiger partial charge is 0.433 e. The Morgan fingerprint density at radius 3 is 2.32 bits per heavy atom. The summed E-state index contributed by atoms with van der Waals surface area (Å²) >= 11 is 0. The van der Waals surface area contributed by atoms with Crippen LogP contribution in [0.15, 0.2) is 72.9 Å². The first-order valence-electron chi connectivity index (χ1n) is 12.2. The Bertz CT molecular complexity index is 1360. The molecule has 0 radical (unpaired) electrons. The van der Waals surface area contributed by atoms with E-state index in [1.54, 1.807) is 18.3 Å².